The second-order valence-corrected chi connectivity index (χ2v) is 5.44. The summed E-state index contributed by atoms with van der Waals surface area (Å²) in [5.41, 5.74) is 3.72. The molecule has 0 radical (unpaired) electrons. The van der Waals surface area contributed by atoms with Crippen LogP contribution in [0.1, 0.15) is 0 Å². The Morgan fingerprint density at radius 1 is 0.550 bits per heavy atom. The molecule has 5 aromatic rings. The first-order valence-corrected chi connectivity index (χ1v) is 6.81. The number of benzene rings is 3. The van der Waals surface area contributed by atoms with E-state index in [-0.39, 0.29) is 0 Å². The Morgan fingerprint density at radius 3 is 1.55 bits per heavy atom. The van der Waals surface area contributed by atoms with E-state index in [0.29, 0.717) is 0 Å². The molecule has 0 unspecified atom stereocenters. The Labute approximate surface area is 114 Å². The van der Waals surface area contributed by atoms with E-state index in [1.54, 1.807) is 0 Å². The highest BCUT2D eigenvalue weighted by Crippen LogP contribution is 2.48. The van der Waals surface area contributed by atoms with E-state index in [1.165, 1.54) is 38.1 Å². The summed E-state index contributed by atoms with van der Waals surface area (Å²) in [6, 6.07) is 19.2. The van der Waals surface area contributed by atoms with Crippen molar-refractivity contribution < 1.29 is 4.74 Å². The Kier molecular flexibility index (Phi) is 1.26. The van der Waals surface area contributed by atoms with Crippen LogP contribution in [0.15, 0.2) is 54.6 Å². The second-order valence-electron chi connectivity index (χ2n) is 5.44. The van der Waals surface area contributed by atoms with Crippen LogP contribution in [0.4, 0.5) is 0 Å². The normalized spacial score (nSPS) is 13.4. The first-order chi connectivity index (χ1) is 9.93. The van der Waals surface area contributed by atoms with E-state index in [2.05, 4.69) is 59.0 Å². The SMILES string of the molecule is c1cc2c3c(c1)c1cccc4c5cccc(c5n3c14)O2. The van der Waals surface area contributed by atoms with E-state index in [9.17, 15) is 0 Å². The maximum Gasteiger partial charge on any atom is 0.152 e. The van der Waals surface area contributed by atoms with Gasteiger partial charge in [-0.2, -0.15) is 0 Å². The molecule has 0 fully saturated rings. The zero-order chi connectivity index (χ0) is 12.8. The summed E-state index contributed by atoms with van der Waals surface area (Å²) in [5, 5.41) is 5.18. The van der Waals surface area contributed by atoms with Crippen molar-refractivity contribution in [2.75, 3.05) is 0 Å². The fourth-order valence-electron chi connectivity index (χ4n) is 3.78. The molecule has 0 N–H and O–H groups in total. The molecule has 3 heterocycles. The van der Waals surface area contributed by atoms with Crippen LogP contribution >= 0.6 is 0 Å². The highest BCUT2D eigenvalue weighted by molar-refractivity contribution is 6.25. The van der Waals surface area contributed by atoms with Gasteiger partial charge >= 0.3 is 0 Å². The molecule has 0 aliphatic carbocycles. The van der Waals surface area contributed by atoms with Gasteiger partial charge in [-0.3, -0.25) is 0 Å². The lowest BCUT2D eigenvalue weighted by atomic mass is 10.1. The van der Waals surface area contributed by atoms with Gasteiger partial charge in [-0.05, 0) is 12.1 Å². The monoisotopic (exact) mass is 255 g/mol. The van der Waals surface area contributed by atoms with E-state index in [1.807, 2.05) is 0 Å². The van der Waals surface area contributed by atoms with Crippen molar-refractivity contribution in [3.05, 3.63) is 54.6 Å². The Hall–Kier alpha value is -2.74. The topological polar surface area (TPSA) is 13.6 Å². The van der Waals surface area contributed by atoms with Crippen molar-refractivity contribution in [1.82, 2.24) is 4.40 Å². The third-order valence-corrected chi connectivity index (χ3v) is 4.51. The van der Waals surface area contributed by atoms with Gasteiger partial charge < -0.3 is 9.14 Å². The summed E-state index contributed by atoms with van der Waals surface area (Å²) >= 11 is 0. The molecule has 2 heteroatoms. The van der Waals surface area contributed by atoms with Crippen LogP contribution in [0.2, 0.25) is 0 Å². The van der Waals surface area contributed by atoms with Gasteiger partial charge in [0.05, 0.1) is 16.6 Å². The standard InChI is InChI=1S/C18H9NO/c1-4-10-12-6-2-8-14-17(12)19-16(10)11(5-1)13-7-3-9-15(20-14)18(13)19/h1-9H. The quantitative estimate of drug-likeness (QED) is 0.374. The first-order valence-electron chi connectivity index (χ1n) is 6.81. The molecule has 2 aromatic heterocycles. The number of nitrogens with zero attached hydrogens (tertiary/aromatic N) is 1. The fourth-order valence-corrected chi connectivity index (χ4v) is 3.78. The van der Waals surface area contributed by atoms with Crippen molar-refractivity contribution in [1.29, 1.82) is 0 Å². The van der Waals surface area contributed by atoms with Crippen LogP contribution < -0.4 is 4.74 Å². The van der Waals surface area contributed by atoms with E-state index in [0.717, 1.165) is 11.5 Å². The fraction of sp³-hybridized carbons (Fsp3) is 0. The zero-order valence-corrected chi connectivity index (χ0v) is 10.6. The molecule has 0 spiro atoms. The molecule has 0 bridgehead atoms. The molecule has 2 nitrogen and oxygen atoms in total. The number of aromatic nitrogens is 1. The van der Waals surface area contributed by atoms with Crippen LogP contribution in [0.5, 0.6) is 11.5 Å². The van der Waals surface area contributed by atoms with E-state index >= 15 is 0 Å². The highest BCUT2D eigenvalue weighted by Gasteiger charge is 2.24. The molecule has 1 aliphatic heterocycles. The van der Waals surface area contributed by atoms with Crippen LogP contribution in [-0.4, -0.2) is 4.40 Å². The lowest BCUT2D eigenvalue weighted by Gasteiger charge is -2.14. The van der Waals surface area contributed by atoms with Crippen LogP contribution in [0.3, 0.4) is 0 Å². The molecule has 0 saturated heterocycles. The Balaban J connectivity index is 2.21. The first kappa shape index (κ1) is 9.21. The Bertz CT molecular complexity index is 1080. The molecule has 0 saturated carbocycles. The van der Waals surface area contributed by atoms with Gasteiger partial charge in [0.15, 0.2) is 11.5 Å². The van der Waals surface area contributed by atoms with E-state index in [4.69, 9.17) is 4.74 Å². The van der Waals surface area contributed by atoms with Crippen LogP contribution in [-0.2, 0) is 0 Å². The van der Waals surface area contributed by atoms with Gasteiger partial charge in [0.1, 0.15) is 0 Å². The molecule has 0 amide bonds. The van der Waals surface area contributed by atoms with E-state index < -0.39 is 0 Å². The summed E-state index contributed by atoms with van der Waals surface area (Å²) in [7, 11) is 0. The zero-order valence-electron chi connectivity index (χ0n) is 10.6. The smallest absolute Gasteiger partial charge is 0.152 e. The molecule has 0 atom stereocenters. The van der Waals surface area contributed by atoms with Gasteiger partial charge in [-0.15, -0.1) is 0 Å². The lowest BCUT2D eigenvalue weighted by Crippen LogP contribution is -1.95. The molecule has 6 rings (SSSR count). The average Bonchev–Trinajstić information content (AvgIpc) is 3.01. The lowest BCUT2D eigenvalue weighted by molar-refractivity contribution is 0.486. The molecule has 20 heavy (non-hydrogen) atoms. The van der Waals surface area contributed by atoms with Crippen molar-refractivity contribution in [3.63, 3.8) is 0 Å². The third kappa shape index (κ3) is 0.775. The minimum atomic E-state index is 0.955. The number of rotatable bonds is 0. The van der Waals surface area contributed by atoms with Crippen molar-refractivity contribution >= 4 is 38.1 Å². The van der Waals surface area contributed by atoms with Crippen molar-refractivity contribution in [2.24, 2.45) is 0 Å². The predicted octanol–water partition coefficient (Wildman–Crippen LogP) is 4.94. The average molecular weight is 255 g/mol. The minimum Gasteiger partial charge on any atom is -0.453 e. The molecule has 92 valence electrons. The maximum absolute atomic E-state index is 6.12. The maximum atomic E-state index is 6.12. The molecule has 3 aromatic carbocycles. The van der Waals surface area contributed by atoms with Crippen LogP contribution in [0, 0.1) is 0 Å². The number of para-hydroxylation sites is 3. The third-order valence-electron chi connectivity index (χ3n) is 4.51. The summed E-state index contributed by atoms with van der Waals surface area (Å²) in [6.07, 6.45) is 0. The largest absolute Gasteiger partial charge is 0.453 e. The predicted molar refractivity (Wildman–Crippen MR) is 81.2 cm³/mol. The highest BCUT2D eigenvalue weighted by atomic mass is 16.5. The summed E-state index contributed by atoms with van der Waals surface area (Å²) in [5.74, 6) is 1.91. The summed E-state index contributed by atoms with van der Waals surface area (Å²) in [4.78, 5) is 0. The van der Waals surface area contributed by atoms with Gasteiger partial charge in [0, 0.05) is 21.5 Å². The molecular weight excluding hydrogens is 246 g/mol. The van der Waals surface area contributed by atoms with Gasteiger partial charge in [-0.1, -0.05) is 42.5 Å². The van der Waals surface area contributed by atoms with Gasteiger partial charge in [0.25, 0.3) is 0 Å². The molecule has 1 aliphatic rings. The minimum absolute atomic E-state index is 0.955. The van der Waals surface area contributed by atoms with Gasteiger partial charge in [0.2, 0.25) is 0 Å². The molecular formula is C18H9NO. The van der Waals surface area contributed by atoms with Gasteiger partial charge in [-0.25, -0.2) is 0 Å². The second kappa shape index (κ2) is 2.73. The number of hydrogen-bond donors (Lipinski definition) is 0. The Morgan fingerprint density at radius 2 is 1.00 bits per heavy atom. The summed E-state index contributed by atoms with van der Waals surface area (Å²) < 4.78 is 8.50. The number of fused-ring (bicyclic) bond motifs is 2. The number of hydrogen-bond acceptors (Lipinski definition) is 1. The van der Waals surface area contributed by atoms with Crippen molar-refractivity contribution in [3.8, 4) is 11.5 Å². The summed E-state index contributed by atoms with van der Waals surface area (Å²) in [6.45, 7) is 0. The number of ether oxygens (including phenoxy) is 1. The van der Waals surface area contributed by atoms with Crippen LogP contribution in [0.25, 0.3) is 38.1 Å². The van der Waals surface area contributed by atoms with Crippen molar-refractivity contribution in [2.45, 2.75) is 0 Å².